The number of carbonyl (C=O) groups excluding carboxylic acids is 6. The van der Waals surface area contributed by atoms with Gasteiger partial charge in [0.25, 0.3) is 11.8 Å². The van der Waals surface area contributed by atoms with Crippen LogP contribution in [-0.2, 0) is 24.0 Å². The Balaban J connectivity index is 0.00000541. The summed E-state index contributed by atoms with van der Waals surface area (Å²) < 4.78 is 10.9. The number of carboxylic acids is 4. The molecule has 1 saturated heterocycles. The van der Waals surface area contributed by atoms with Crippen molar-refractivity contribution in [1.29, 1.82) is 0 Å². The van der Waals surface area contributed by atoms with Gasteiger partial charge in [0.1, 0.15) is 11.5 Å². The molecule has 0 aromatic heterocycles. The van der Waals surface area contributed by atoms with Gasteiger partial charge >= 0.3 is 69.5 Å². The molecule has 2 N–H and O–H groups in total. The third kappa shape index (κ3) is 15.5. The molecule has 1 heterocycles. The summed E-state index contributed by atoms with van der Waals surface area (Å²) >= 11 is 0. The Morgan fingerprint density at radius 1 is 0.679 bits per heavy atom. The van der Waals surface area contributed by atoms with Crippen LogP contribution in [0.25, 0.3) is 10.8 Å². The number of ether oxygens (including phenoxy) is 2. The van der Waals surface area contributed by atoms with Crippen molar-refractivity contribution in [2.45, 2.75) is 6.04 Å². The maximum atomic E-state index is 12.8. The van der Waals surface area contributed by atoms with Crippen molar-refractivity contribution < 1.29 is 128 Å². The Hall–Kier alpha value is -3.50. The van der Waals surface area contributed by atoms with Gasteiger partial charge in [-0.1, -0.05) is 36.4 Å². The molecule has 1 fully saturated rings. The molecule has 1 atom stereocenters. The van der Waals surface area contributed by atoms with E-state index in [-0.39, 0.29) is 139 Å². The topological polar surface area (TPSA) is 250 Å². The number of hydrogen-bond donors (Lipinski definition) is 2. The molecule has 18 nitrogen and oxygen atoms in total. The molecular weight excluding hydrogens is 889 g/mol. The van der Waals surface area contributed by atoms with Crippen LogP contribution in [0.15, 0.2) is 60.7 Å². The van der Waals surface area contributed by atoms with Crippen LogP contribution in [0.1, 0.15) is 22.0 Å². The number of hydrogen-bond acceptors (Lipinski definition) is 16. The first-order valence-corrected chi connectivity index (χ1v) is 16.9. The molecule has 0 spiro atoms. The monoisotopic (exact) mass is 929 g/mol. The standard InChI is InChI=1S/C36H44N6O12.Gd.Na/c1-53-29-19-26-5-3-2-4-25(26)18-28(29)35(50)38-37-30(43)23-54-27-8-6-24(7-9-27)34(36(51)52)42-16-14-40(21-32(46)47)12-10-39(20-31(44)45)11-13-41(15-17-42)22-33(48)49;;/h2-9,18-19,34H,10-17,20-23H2,1H3,(H,37,43)(H,38,50)(H,44,45)(H,46,47)(H,48,49)(H,51,52);;/q;+3;+1/p-4. The summed E-state index contributed by atoms with van der Waals surface area (Å²) in [6.45, 7) is -1.49. The molecule has 1 radical (unpaired) electrons. The van der Waals surface area contributed by atoms with Gasteiger partial charge in [-0.05, 0) is 40.6 Å². The SMILES string of the molecule is COc1cc2ccccc2cc1C(=O)NNC(=O)COc1ccc(C(C(=O)[O-])N2CCN(CC(=O)[O-])CCN(CC(=O)[O-])CCN(CC(=O)[O-])CC2)cc1.[Gd+3].[Na+]. The van der Waals surface area contributed by atoms with Gasteiger partial charge in [-0.3, -0.25) is 40.0 Å². The molecule has 56 heavy (non-hydrogen) atoms. The normalized spacial score (nSPS) is 15.4. The first-order valence-electron chi connectivity index (χ1n) is 16.9. The fourth-order valence-electron chi connectivity index (χ4n) is 6.02. The van der Waals surface area contributed by atoms with E-state index in [0.717, 1.165) is 10.8 Å². The van der Waals surface area contributed by atoms with Crippen LogP contribution < -0.4 is 70.3 Å². The molecule has 1 aliphatic heterocycles. The van der Waals surface area contributed by atoms with Gasteiger partial charge in [0.15, 0.2) is 6.61 Å². The molecule has 0 bridgehead atoms. The molecule has 20 heteroatoms. The summed E-state index contributed by atoms with van der Waals surface area (Å²) in [5.74, 6) is -6.40. The molecule has 1 aliphatic rings. The predicted octanol–water partition coefficient (Wildman–Crippen LogP) is -8.05. The van der Waals surface area contributed by atoms with Crippen LogP contribution >= 0.6 is 0 Å². The van der Waals surface area contributed by atoms with Gasteiger partial charge in [0.2, 0.25) is 0 Å². The van der Waals surface area contributed by atoms with E-state index in [1.807, 2.05) is 24.3 Å². The summed E-state index contributed by atoms with van der Waals surface area (Å²) in [7, 11) is 1.42. The van der Waals surface area contributed by atoms with E-state index >= 15 is 0 Å². The zero-order valence-corrected chi connectivity index (χ0v) is 35.1. The first-order chi connectivity index (χ1) is 25.8. The quantitative estimate of drug-likeness (QED) is 0.113. The smallest absolute Gasteiger partial charge is 0.549 e. The minimum absolute atomic E-state index is 0. The number of fused-ring (bicyclic) bond motifs is 1. The van der Waals surface area contributed by atoms with Crippen molar-refractivity contribution in [2.24, 2.45) is 0 Å². The molecule has 3 aromatic rings. The Morgan fingerprint density at radius 3 is 1.59 bits per heavy atom. The summed E-state index contributed by atoms with van der Waals surface area (Å²) in [4.78, 5) is 78.2. The third-order valence-corrected chi connectivity index (χ3v) is 8.71. The first kappa shape index (κ1) is 48.7. The number of hydrazine groups is 1. The second-order valence-corrected chi connectivity index (χ2v) is 12.5. The fraction of sp³-hybridized carbons (Fsp3) is 0.389. The van der Waals surface area contributed by atoms with Crippen LogP contribution in [0, 0.1) is 39.9 Å². The van der Waals surface area contributed by atoms with Gasteiger partial charge in [0, 0.05) is 72.0 Å². The van der Waals surface area contributed by atoms with E-state index in [1.165, 1.54) is 51.0 Å². The Labute approximate surface area is 377 Å². The van der Waals surface area contributed by atoms with E-state index in [4.69, 9.17) is 9.47 Å². The van der Waals surface area contributed by atoms with Gasteiger partial charge in [0.05, 0.1) is 42.6 Å². The third-order valence-electron chi connectivity index (χ3n) is 8.71. The zero-order chi connectivity index (χ0) is 39.2. The molecule has 2 amide bonds. The van der Waals surface area contributed by atoms with Crippen LogP contribution in [-0.4, -0.2) is 141 Å². The van der Waals surface area contributed by atoms with E-state index in [1.54, 1.807) is 12.1 Å². The van der Waals surface area contributed by atoms with Crippen molar-refractivity contribution in [3.8, 4) is 11.5 Å². The summed E-state index contributed by atoms with van der Waals surface area (Å²) in [5, 5.41) is 48.5. The van der Waals surface area contributed by atoms with Gasteiger partial charge in [-0.2, -0.15) is 0 Å². The van der Waals surface area contributed by atoms with Crippen LogP contribution in [0.3, 0.4) is 0 Å². The van der Waals surface area contributed by atoms with Crippen molar-refractivity contribution in [3.05, 3.63) is 71.8 Å². The fourth-order valence-corrected chi connectivity index (χ4v) is 6.02. The number of nitrogens with one attached hydrogen (secondary N) is 2. The van der Waals surface area contributed by atoms with Crippen LogP contribution in [0.2, 0.25) is 0 Å². The molecular formula is C36H40GdN6NaO12. The Kier molecular flexibility index (Phi) is 21.1. The number of rotatable bonds is 14. The second kappa shape index (κ2) is 24.3. The molecule has 1 unspecified atom stereocenters. The van der Waals surface area contributed by atoms with Gasteiger partial charge in [-0.25, -0.2) is 0 Å². The maximum absolute atomic E-state index is 12.8. The number of nitrogens with zero attached hydrogens (tertiary/aromatic N) is 4. The number of benzene rings is 3. The number of carbonyl (C=O) groups is 6. The largest absolute Gasteiger partial charge is 3.00 e. The van der Waals surface area contributed by atoms with E-state index < -0.39 is 68.0 Å². The molecule has 0 saturated carbocycles. The molecule has 295 valence electrons. The second-order valence-electron chi connectivity index (χ2n) is 12.5. The number of amides is 2. The number of aliphatic carboxylic acids is 4. The van der Waals surface area contributed by atoms with E-state index in [0.29, 0.717) is 5.75 Å². The summed E-state index contributed by atoms with van der Waals surface area (Å²) in [6, 6.07) is 15.1. The van der Waals surface area contributed by atoms with E-state index in [9.17, 15) is 49.2 Å². The Morgan fingerprint density at radius 2 is 1.14 bits per heavy atom. The minimum Gasteiger partial charge on any atom is -0.549 e. The Bertz CT molecular complexity index is 1790. The summed E-state index contributed by atoms with van der Waals surface area (Å²) in [5.41, 5.74) is 5.06. The number of methoxy groups -OCH3 is 1. The van der Waals surface area contributed by atoms with Crippen molar-refractivity contribution >= 4 is 46.5 Å². The molecule has 4 rings (SSSR count). The predicted molar refractivity (Wildman–Crippen MR) is 182 cm³/mol. The minimum atomic E-state index is -1.48. The average molecular weight is 929 g/mol. The van der Waals surface area contributed by atoms with E-state index in [2.05, 4.69) is 10.9 Å². The molecule has 0 aliphatic carbocycles. The van der Waals surface area contributed by atoms with Gasteiger partial charge in [-0.15, -0.1) is 0 Å². The average Bonchev–Trinajstić information content (AvgIpc) is 3.13. The van der Waals surface area contributed by atoms with Crippen molar-refractivity contribution in [2.75, 3.05) is 85.7 Å². The summed E-state index contributed by atoms with van der Waals surface area (Å²) in [6.07, 6.45) is 0. The number of carboxylic acid groups (broad SMARTS) is 4. The zero-order valence-electron chi connectivity index (χ0n) is 30.9. The van der Waals surface area contributed by atoms with Gasteiger partial charge < -0.3 is 49.1 Å². The van der Waals surface area contributed by atoms with Crippen LogP contribution in [0.5, 0.6) is 11.5 Å². The maximum Gasteiger partial charge on any atom is 3.00 e. The molecule has 3 aromatic carbocycles. The van der Waals surface area contributed by atoms with Crippen molar-refractivity contribution in [1.82, 2.24) is 30.5 Å². The van der Waals surface area contributed by atoms with Crippen LogP contribution in [0.4, 0.5) is 0 Å². The van der Waals surface area contributed by atoms with Crippen molar-refractivity contribution in [3.63, 3.8) is 0 Å².